The SMILES string of the molecule is C[C@@H]1[C@@H](C)CCC[C@@](O)(CN2CCn3ccnc3C2)[C@@H]2CC[C@H]2CN2C[C@@]3(CCCc4cc(Cl)ccc43)COc3ccc(cc32)C(=O)NS1(=O)=O. The number of fused-ring (bicyclic) bond motifs is 5. The monoisotopic (exact) mass is 735 g/mol. The van der Waals surface area contributed by atoms with E-state index in [-0.39, 0.29) is 28.7 Å². The number of halogens is 1. The molecular formula is C39H50ClN5O5S. The number of anilines is 1. The maximum Gasteiger partial charge on any atom is 0.264 e. The molecule has 5 aliphatic rings. The molecule has 4 heterocycles. The van der Waals surface area contributed by atoms with Gasteiger partial charge in [-0.25, -0.2) is 18.1 Å². The van der Waals surface area contributed by atoms with Gasteiger partial charge in [-0.15, -0.1) is 0 Å². The van der Waals surface area contributed by atoms with Crippen molar-refractivity contribution in [2.24, 2.45) is 17.8 Å². The first-order chi connectivity index (χ1) is 24.4. The minimum atomic E-state index is -3.95. The van der Waals surface area contributed by atoms with Crippen LogP contribution in [-0.2, 0) is 34.9 Å². The molecule has 0 saturated heterocycles. The highest BCUT2D eigenvalue weighted by Gasteiger charge is 2.49. The number of aromatic nitrogens is 2. The zero-order valence-electron chi connectivity index (χ0n) is 29.7. The van der Waals surface area contributed by atoms with Crippen LogP contribution in [0.3, 0.4) is 0 Å². The van der Waals surface area contributed by atoms with E-state index in [4.69, 9.17) is 16.3 Å². The van der Waals surface area contributed by atoms with E-state index >= 15 is 0 Å². The summed E-state index contributed by atoms with van der Waals surface area (Å²) in [5, 5.41) is 12.8. The molecule has 2 N–H and O–H groups in total. The van der Waals surface area contributed by atoms with E-state index in [2.05, 4.69) is 36.2 Å². The lowest BCUT2D eigenvalue weighted by molar-refractivity contribution is -0.108. The highest BCUT2D eigenvalue weighted by Crippen LogP contribution is 2.49. The number of β-amino-alcohol motifs (C(OH)–C–C–N with tert-alkyl or cyclic N) is 1. The Morgan fingerprint density at radius 1 is 1.08 bits per heavy atom. The van der Waals surface area contributed by atoms with Gasteiger partial charge in [0.2, 0.25) is 10.0 Å². The quantitative estimate of drug-likeness (QED) is 0.352. The minimum absolute atomic E-state index is 0.0797. The van der Waals surface area contributed by atoms with Gasteiger partial charge in [0.05, 0.1) is 29.7 Å². The van der Waals surface area contributed by atoms with Crippen LogP contribution < -0.4 is 14.4 Å². The van der Waals surface area contributed by atoms with E-state index in [0.29, 0.717) is 57.8 Å². The van der Waals surface area contributed by atoms with Crippen LogP contribution in [0.2, 0.25) is 5.02 Å². The number of imidazole rings is 1. The van der Waals surface area contributed by atoms with Crippen LogP contribution in [0.4, 0.5) is 5.69 Å². The van der Waals surface area contributed by atoms with Crippen LogP contribution in [-0.4, -0.2) is 77.5 Å². The second kappa shape index (κ2) is 13.4. The summed E-state index contributed by atoms with van der Waals surface area (Å²) in [6, 6.07) is 11.5. The summed E-state index contributed by atoms with van der Waals surface area (Å²) in [4.78, 5) is 22.9. The number of carbonyl (C=O) groups excluding carboxylic acids is 1. The van der Waals surface area contributed by atoms with Crippen molar-refractivity contribution in [2.45, 2.75) is 94.6 Å². The maximum absolute atomic E-state index is 13.6. The lowest BCUT2D eigenvalue weighted by Crippen LogP contribution is -2.57. The lowest BCUT2D eigenvalue weighted by atomic mass is 9.62. The molecule has 3 aliphatic heterocycles. The number of aliphatic hydroxyl groups is 1. The standard InChI is InChI=1S/C39H50ClN5O5S/c1-26-5-3-14-39(47,24-43-17-18-44-16-15-41-36(44)22-43)33-10-7-30(33)21-45-23-38(13-4-6-28-19-31(40)9-11-32(28)38)25-50-35-12-8-29(20-34(35)45)37(46)42-51(48,49)27(26)2/h8-9,11-12,15-16,19-20,26-27,30,33,47H,3-7,10,13-14,17-18,21-25H2,1-2H3,(H,42,46)/t26-,27+,30-,33+,38-,39+/m0/s1. The second-order valence-corrected chi connectivity index (χ2v) is 18.6. The van der Waals surface area contributed by atoms with Crippen LogP contribution in [0.15, 0.2) is 48.8 Å². The number of nitrogens with zero attached hydrogens (tertiary/aromatic N) is 4. The molecule has 1 amide bonds. The molecule has 10 nitrogen and oxygen atoms in total. The number of ether oxygens (including phenoxy) is 1. The number of carbonyl (C=O) groups is 1. The van der Waals surface area contributed by atoms with E-state index in [9.17, 15) is 18.3 Å². The molecule has 6 atom stereocenters. The molecule has 12 heteroatoms. The maximum atomic E-state index is 13.6. The predicted octanol–water partition coefficient (Wildman–Crippen LogP) is 5.55. The van der Waals surface area contributed by atoms with E-state index in [1.807, 2.05) is 31.5 Å². The number of benzene rings is 2. The van der Waals surface area contributed by atoms with E-state index in [0.717, 1.165) is 61.7 Å². The van der Waals surface area contributed by atoms with Gasteiger partial charge in [0.15, 0.2) is 0 Å². The van der Waals surface area contributed by atoms with Crippen molar-refractivity contribution >= 4 is 33.2 Å². The largest absolute Gasteiger partial charge is 0.490 e. The van der Waals surface area contributed by atoms with Gasteiger partial charge in [0.1, 0.15) is 11.6 Å². The molecule has 51 heavy (non-hydrogen) atoms. The van der Waals surface area contributed by atoms with Gasteiger partial charge in [-0.1, -0.05) is 31.0 Å². The Hall–Kier alpha value is -3.12. The summed E-state index contributed by atoms with van der Waals surface area (Å²) in [6.45, 7) is 8.43. The van der Waals surface area contributed by atoms with Gasteiger partial charge in [-0.05, 0) is 111 Å². The number of amides is 1. The zero-order valence-corrected chi connectivity index (χ0v) is 31.3. The van der Waals surface area contributed by atoms with Crippen molar-refractivity contribution in [1.29, 1.82) is 0 Å². The zero-order chi connectivity index (χ0) is 35.5. The number of nitrogens with one attached hydrogen (secondary N) is 1. The van der Waals surface area contributed by atoms with Gasteiger partial charge >= 0.3 is 0 Å². The normalized spacial score (nSPS) is 32.4. The smallest absolute Gasteiger partial charge is 0.264 e. The first-order valence-corrected chi connectivity index (χ1v) is 20.7. The fourth-order valence-corrected chi connectivity index (χ4v) is 11.2. The van der Waals surface area contributed by atoms with Crippen molar-refractivity contribution in [3.8, 4) is 5.75 Å². The summed E-state index contributed by atoms with van der Waals surface area (Å²) in [6.07, 6.45) is 10.7. The molecule has 0 radical (unpaired) electrons. The van der Waals surface area contributed by atoms with Crippen molar-refractivity contribution < 1.29 is 23.1 Å². The number of hydrogen-bond acceptors (Lipinski definition) is 8. The Morgan fingerprint density at radius 3 is 2.76 bits per heavy atom. The average Bonchev–Trinajstić information content (AvgIpc) is 3.49. The average molecular weight is 736 g/mol. The first kappa shape index (κ1) is 34.9. The molecule has 1 saturated carbocycles. The number of sulfonamides is 1. The van der Waals surface area contributed by atoms with Crippen molar-refractivity contribution in [1.82, 2.24) is 19.2 Å². The van der Waals surface area contributed by atoms with Gasteiger partial charge in [0.25, 0.3) is 5.91 Å². The topological polar surface area (TPSA) is 117 Å². The lowest BCUT2D eigenvalue weighted by Gasteiger charge is -2.51. The molecule has 1 spiro atoms. The van der Waals surface area contributed by atoms with Crippen LogP contribution in [0, 0.1) is 17.8 Å². The van der Waals surface area contributed by atoms with Gasteiger partial charge in [0, 0.05) is 61.1 Å². The minimum Gasteiger partial charge on any atom is -0.490 e. The molecule has 3 aromatic rings. The molecule has 1 fully saturated rings. The summed E-state index contributed by atoms with van der Waals surface area (Å²) in [5.41, 5.74) is 2.36. The Morgan fingerprint density at radius 2 is 1.94 bits per heavy atom. The van der Waals surface area contributed by atoms with Crippen molar-refractivity contribution in [3.63, 3.8) is 0 Å². The van der Waals surface area contributed by atoms with Gasteiger partial charge in [-0.2, -0.15) is 0 Å². The third kappa shape index (κ3) is 6.57. The molecule has 2 bridgehead atoms. The Balaban J connectivity index is 1.18. The molecule has 8 rings (SSSR count). The number of aryl methyl sites for hydroxylation is 1. The summed E-state index contributed by atoms with van der Waals surface area (Å²) in [5.74, 6) is 1.20. The highest BCUT2D eigenvalue weighted by atomic mass is 35.5. The molecule has 2 aromatic carbocycles. The van der Waals surface area contributed by atoms with Gasteiger partial charge < -0.3 is 19.3 Å². The Kier molecular flexibility index (Phi) is 9.17. The van der Waals surface area contributed by atoms with Crippen LogP contribution in [0.25, 0.3) is 0 Å². The Labute approximate surface area is 306 Å². The van der Waals surface area contributed by atoms with E-state index in [1.54, 1.807) is 19.1 Å². The molecule has 0 unspecified atom stereocenters. The van der Waals surface area contributed by atoms with Gasteiger partial charge in [-0.3, -0.25) is 9.69 Å². The van der Waals surface area contributed by atoms with Crippen molar-refractivity contribution in [2.75, 3.05) is 37.7 Å². The molecular weight excluding hydrogens is 686 g/mol. The highest BCUT2D eigenvalue weighted by molar-refractivity contribution is 7.90. The predicted molar refractivity (Wildman–Crippen MR) is 198 cm³/mol. The number of hydrogen-bond donors (Lipinski definition) is 2. The van der Waals surface area contributed by atoms with Crippen LogP contribution in [0.5, 0.6) is 5.75 Å². The number of rotatable bonds is 2. The second-order valence-electron chi connectivity index (χ2n) is 16.1. The van der Waals surface area contributed by atoms with E-state index in [1.165, 1.54) is 11.1 Å². The molecule has 1 aromatic heterocycles. The van der Waals surface area contributed by atoms with Crippen LogP contribution >= 0.6 is 11.6 Å². The fourth-order valence-electron chi connectivity index (χ4n) is 9.71. The summed E-state index contributed by atoms with van der Waals surface area (Å²) < 4.78 is 38.3. The van der Waals surface area contributed by atoms with Crippen molar-refractivity contribution in [3.05, 3.63) is 76.3 Å². The van der Waals surface area contributed by atoms with E-state index < -0.39 is 26.8 Å². The first-order valence-electron chi connectivity index (χ1n) is 18.7. The summed E-state index contributed by atoms with van der Waals surface area (Å²) in [7, 11) is -3.95. The molecule has 2 aliphatic carbocycles. The van der Waals surface area contributed by atoms with Crippen LogP contribution in [0.1, 0.15) is 86.1 Å². The Bertz CT molecular complexity index is 1920. The molecule has 274 valence electrons. The summed E-state index contributed by atoms with van der Waals surface area (Å²) >= 11 is 6.48. The third-order valence-corrected chi connectivity index (χ3v) is 15.1. The fraction of sp³-hybridized carbons (Fsp3) is 0.590. The third-order valence-electron chi connectivity index (χ3n) is 13.0.